The summed E-state index contributed by atoms with van der Waals surface area (Å²) in [5.41, 5.74) is 1.75. The number of aromatic nitrogens is 2. The van der Waals surface area contributed by atoms with Crippen LogP contribution in [0.2, 0.25) is 0 Å². The molecular formula is C11H14N2O2. The van der Waals surface area contributed by atoms with Crippen LogP contribution in [0.4, 0.5) is 0 Å². The SMILES string of the molecule is CCOC(=O)C1CCCc2nccnc21. The molecule has 0 saturated heterocycles. The molecule has 1 aliphatic rings. The normalized spacial score (nSPS) is 19.4. The van der Waals surface area contributed by atoms with Crippen LogP contribution in [-0.2, 0) is 16.0 Å². The number of hydrogen-bond acceptors (Lipinski definition) is 4. The van der Waals surface area contributed by atoms with Crippen LogP contribution in [-0.4, -0.2) is 22.5 Å². The summed E-state index contributed by atoms with van der Waals surface area (Å²) >= 11 is 0. The summed E-state index contributed by atoms with van der Waals surface area (Å²) in [5, 5.41) is 0. The minimum atomic E-state index is -0.206. The zero-order valence-corrected chi connectivity index (χ0v) is 8.77. The Bertz CT molecular complexity index is 365. The van der Waals surface area contributed by atoms with Gasteiger partial charge in [-0.05, 0) is 26.2 Å². The number of fused-ring (bicyclic) bond motifs is 1. The van der Waals surface area contributed by atoms with E-state index in [1.807, 2.05) is 6.92 Å². The van der Waals surface area contributed by atoms with Gasteiger partial charge in [0.1, 0.15) is 5.92 Å². The number of rotatable bonds is 2. The van der Waals surface area contributed by atoms with Gasteiger partial charge in [-0.15, -0.1) is 0 Å². The summed E-state index contributed by atoms with van der Waals surface area (Å²) in [4.78, 5) is 20.2. The third-order valence-corrected chi connectivity index (χ3v) is 2.61. The van der Waals surface area contributed by atoms with Crippen LogP contribution in [0.15, 0.2) is 12.4 Å². The van der Waals surface area contributed by atoms with Crippen LogP contribution >= 0.6 is 0 Å². The molecule has 0 bridgehead atoms. The van der Waals surface area contributed by atoms with Gasteiger partial charge < -0.3 is 4.74 Å². The molecule has 4 heteroatoms. The molecule has 2 rings (SSSR count). The van der Waals surface area contributed by atoms with Gasteiger partial charge in [-0.1, -0.05) is 0 Å². The number of aryl methyl sites for hydroxylation is 1. The monoisotopic (exact) mass is 206 g/mol. The van der Waals surface area contributed by atoms with Gasteiger partial charge in [-0.25, -0.2) is 0 Å². The lowest BCUT2D eigenvalue weighted by Crippen LogP contribution is -2.22. The molecule has 80 valence electrons. The zero-order chi connectivity index (χ0) is 10.7. The van der Waals surface area contributed by atoms with E-state index >= 15 is 0 Å². The van der Waals surface area contributed by atoms with Crippen molar-refractivity contribution in [2.24, 2.45) is 0 Å². The number of nitrogens with zero attached hydrogens (tertiary/aromatic N) is 2. The maximum atomic E-state index is 11.7. The molecule has 1 unspecified atom stereocenters. The summed E-state index contributed by atoms with van der Waals surface area (Å²) in [7, 11) is 0. The van der Waals surface area contributed by atoms with Gasteiger partial charge in [0, 0.05) is 12.4 Å². The molecule has 0 spiro atoms. The van der Waals surface area contributed by atoms with E-state index in [1.54, 1.807) is 12.4 Å². The Morgan fingerprint density at radius 1 is 1.53 bits per heavy atom. The highest BCUT2D eigenvalue weighted by Crippen LogP contribution is 2.29. The first-order valence-corrected chi connectivity index (χ1v) is 5.29. The van der Waals surface area contributed by atoms with Crippen molar-refractivity contribution in [1.29, 1.82) is 0 Å². The summed E-state index contributed by atoms with van der Waals surface area (Å²) in [6.07, 6.45) is 6.03. The smallest absolute Gasteiger partial charge is 0.315 e. The Morgan fingerprint density at radius 3 is 3.13 bits per heavy atom. The van der Waals surface area contributed by atoms with Crippen LogP contribution in [0.25, 0.3) is 0 Å². The number of esters is 1. The molecule has 0 fully saturated rings. The second kappa shape index (κ2) is 4.38. The first kappa shape index (κ1) is 10.1. The minimum absolute atomic E-state index is 0.168. The van der Waals surface area contributed by atoms with Crippen LogP contribution in [0.1, 0.15) is 37.1 Å². The fraction of sp³-hybridized carbons (Fsp3) is 0.545. The minimum Gasteiger partial charge on any atom is -0.465 e. The number of carbonyl (C=O) groups excluding carboxylic acids is 1. The van der Waals surface area contributed by atoms with Crippen molar-refractivity contribution in [3.05, 3.63) is 23.8 Å². The molecule has 4 nitrogen and oxygen atoms in total. The zero-order valence-electron chi connectivity index (χ0n) is 8.77. The van der Waals surface area contributed by atoms with E-state index in [-0.39, 0.29) is 11.9 Å². The highest BCUT2D eigenvalue weighted by atomic mass is 16.5. The van der Waals surface area contributed by atoms with E-state index in [2.05, 4.69) is 9.97 Å². The van der Waals surface area contributed by atoms with Crippen LogP contribution in [0.3, 0.4) is 0 Å². The van der Waals surface area contributed by atoms with E-state index in [1.165, 1.54) is 0 Å². The molecule has 0 radical (unpaired) electrons. The highest BCUT2D eigenvalue weighted by molar-refractivity contribution is 5.78. The number of hydrogen-bond donors (Lipinski definition) is 0. The molecule has 1 aliphatic carbocycles. The summed E-state index contributed by atoms with van der Waals surface area (Å²) in [6, 6.07) is 0. The fourth-order valence-electron chi connectivity index (χ4n) is 1.94. The summed E-state index contributed by atoms with van der Waals surface area (Å²) in [6.45, 7) is 2.24. The molecule has 0 aromatic carbocycles. The first-order chi connectivity index (χ1) is 7.33. The number of carbonyl (C=O) groups is 1. The molecule has 1 atom stereocenters. The van der Waals surface area contributed by atoms with Gasteiger partial charge in [0.15, 0.2) is 0 Å². The van der Waals surface area contributed by atoms with Crippen LogP contribution in [0, 0.1) is 0 Å². The Kier molecular flexibility index (Phi) is 2.94. The predicted molar refractivity (Wildman–Crippen MR) is 54.3 cm³/mol. The van der Waals surface area contributed by atoms with E-state index in [0.717, 1.165) is 30.7 Å². The Hall–Kier alpha value is -1.45. The maximum absolute atomic E-state index is 11.7. The van der Waals surface area contributed by atoms with Gasteiger partial charge in [0.05, 0.1) is 18.0 Å². The van der Waals surface area contributed by atoms with Gasteiger partial charge in [-0.3, -0.25) is 14.8 Å². The largest absolute Gasteiger partial charge is 0.465 e. The molecule has 1 heterocycles. The second-order valence-corrected chi connectivity index (χ2v) is 3.59. The van der Waals surface area contributed by atoms with Crippen LogP contribution in [0.5, 0.6) is 0 Å². The average Bonchev–Trinajstić information content (AvgIpc) is 2.28. The van der Waals surface area contributed by atoms with Gasteiger partial charge in [0.2, 0.25) is 0 Å². The Balaban J connectivity index is 2.25. The van der Waals surface area contributed by atoms with E-state index in [9.17, 15) is 4.79 Å². The molecule has 0 N–H and O–H groups in total. The van der Waals surface area contributed by atoms with Gasteiger partial charge in [0.25, 0.3) is 0 Å². The van der Waals surface area contributed by atoms with E-state index < -0.39 is 0 Å². The van der Waals surface area contributed by atoms with Gasteiger partial charge >= 0.3 is 5.97 Å². The lowest BCUT2D eigenvalue weighted by Gasteiger charge is -2.21. The van der Waals surface area contributed by atoms with E-state index in [4.69, 9.17) is 4.74 Å². The molecule has 0 saturated carbocycles. The molecule has 0 amide bonds. The second-order valence-electron chi connectivity index (χ2n) is 3.59. The van der Waals surface area contributed by atoms with E-state index in [0.29, 0.717) is 6.61 Å². The molecular weight excluding hydrogens is 192 g/mol. The van der Waals surface area contributed by atoms with Crippen molar-refractivity contribution in [1.82, 2.24) is 9.97 Å². The number of ether oxygens (including phenoxy) is 1. The van der Waals surface area contributed by atoms with Crippen molar-refractivity contribution in [2.45, 2.75) is 32.1 Å². The van der Waals surface area contributed by atoms with Crippen LogP contribution < -0.4 is 0 Å². The molecule has 0 aliphatic heterocycles. The van der Waals surface area contributed by atoms with Crippen molar-refractivity contribution in [3.8, 4) is 0 Å². The lowest BCUT2D eigenvalue weighted by molar-refractivity contribution is -0.145. The Morgan fingerprint density at radius 2 is 2.33 bits per heavy atom. The highest BCUT2D eigenvalue weighted by Gasteiger charge is 2.29. The fourth-order valence-corrected chi connectivity index (χ4v) is 1.94. The predicted octanol–water partition coefficient (Wildman–Crippen LogP) is 1.46. The first-order valence-electron chi connectivity index (χ1n) is 5.29. The summed E-state index contributed by atoms with van der Waals surface area (Å²) in [5.74, 6) is -0.374. The molecule has 15 heavy (non-hydrogen) atoms. The third-order valence-electron chi connectivity index (χ3n) is 2.61. The van der Waals surface area contributed by atoms with Crippen molar-refractivity contribution in [2.75, 3.05) is 6.61 Å². The maximum Gasteiger partial charge on any atom is 0.315 e. The topological polar surface area (TPSA) is 52.1 Å². The quantitative estimate of drug-likeness (QED) is 0.687. The third kappa shape index (κ3) is 1.98. The summed E-state index contributed by atoms with van der Waals surface area (Å²) < 4.78 is 5.03. The molecule has 1 aromatic heterocycles. The standard InChI is InChI=1S/C11H14N2O2/c1-2-15-11(14)8-4-3-5-9-10(8)13-7-6-12-9/h6-8H,2-5H2,1H3. The van der Waals surface area contributed by atoms with Gasteiger partial charge in [-0.2, -0.15) is 0 Å². The van der Waals surface area contributed by atoms with Crippen molar-refractivity contribution >= 4 is 5.97 Å². The van der Waals surface area contributed by atoms with Crippen molar-refractivity contribution in [3.63, 3.8) is 0 Å². The van der Waals surface area contributed by atoms with Crippen molar-refractivity contribution < 1.29 is 9.53 Å². The lowest BCUT2D eigenvalue weighted by atomic mass is 9.89. The average molecular weight is 206 g/mol. The molecule has 1 aromatic rings. The Labute approximate surface area is 88.7 Å².